The summed E-state index contributed by atoms with van der Waals surface area (Å²) >= 11 is 0. The average molecular weight is 282 g/mol. The number of hydrogen-bond acceptors (Lipinski definition) is 3. The Morgan fingerprint density at radius 2 is 0.700 bits per heavy atom. The summed E-state index contributed by atoms with van der Waals surface area (Å²) in [5.41, 5.74) is 0. The van der Waals surface area contributed by atoms with Gasteiger partial charge in [-0.3, -0.25) is 9.59 Å². The Kier molecular flexibility index (Phi) is 10.3. The van der Waals surface area contributed by atoms with Gasteiger partial charge in [0.1, 0.15) is 0 Å². The van der Waals surface area contributed by atoms with Crippen molar-refractivity contribution in [3.8, 4) is 0 Å². The number of hydrogen-bond donors (Lipinski definition) is 0. The Morgan fingerprint density at radius 3 is 1.00 bits per heavy atom. The molecular weight excluding hydrogens is 252 g/mol. The molecule has 0 unspecified atom stereocenters. The molecule has 1 heterocycles. The molecule has 0 aromatic heterocycles. The molecule has 116 valence electrons. The summed E-state index contributed by atoms with van der Waals surface area (Å²) in [4.78, 5) is 22.9. The standard InChI is InChI=1S/C17H30O3/c18-16-14-12-10-8-6-4-2-1-3-5-7-9-11-13-15-17(19)20-16/h1-15H2. The van der Waals surface area contributed by atoms with Crippen molar-refractivity contribution in [2.45, 2.75) is 96.3 Å². The van der Waals surface area contributed by atoms with Crippen LogP contribution >= 0.6 is 0 Å². The summed E-state index contributed by atoms with van der Waals surface area (Å²) in [6.07, 6.45) is 16.3. The van der Waals surface area contributed by atoms with E-state index >= 15 is 0 Å². The fourth-order valence-electron chi connectivity index (χ4n) is 2.71. The van der Waals surface area contributed by atoms with Crippen LogP contribution in [0.15, 0.2) is 0 Å². The summed E-state index contributed by atoms with van der Waals surface area (Å²) in [6.45, 7) is 0. The zero-order valence-corrected chi connectivity index (χ0v) is 12.8. The SMILES string of the molecule is O=C1CCCCCCCCCCCCCCCC(=O)O1. The minimum Gasteiger partial charge on any atom is -0.393 e. The second-order valence-corrected chi connectivity index (χ2v) is 5.94. The number of cyclic esters (lactones) is 2. The van der Waals surface area contributed by atoms with Gasteiger partial charge in [-0.25, -0.2) is 0 Å². The lowest BCUT2D eigenvalue weighted by molar-refractivity contribution is -0.159. The van der Waals surface area contributed by atoms with Gasteiger partial charge >= 0.3 is 11.9 Å². The molecule has 1 aliphatic rings. The molecule has 3 heteroatoms. The normalized spacial score (nSPS) is 22.6. The van der Waals surface area contributed by atoms with E-state index < -0.39 is 0 Å². The van der Waals surface area contributed by atoms with E-state index in [0.29, 0.717) is 12.8 Å². The predicted octanol–water partition coefficient (Wildman–Crippen LogP) is 4.92. The van der Waals surface area contributed by atoms with Crippen molar-refractivity contribution in [3.05, 3.63) is 0 Å². The molecule has 0 aromatic carbocycles. The first-order chi connectivity index (χ1) is 9.79. The molecule has 1 aliphatic heterocycles. The van der Waals surface area contributed by atoms with Gasteiger partial charge in [0.25, 0.3) is 0 Å². The third kappa shape index (κ3) is 9.99. The van der Waals surface area contributed by atoms with Crippen molar-refractivity contribution in [3.63, 3.8) is 0 Å². The number of rotatable bonds is 0. The summed E-state index contributed by atoms with van der Waals surface area (Å²) in [5.74, 6) is -0.674. The van der Waals surface area contributed by atoms with Crippen molar-refractivity contribution < 1.29 is 14.3 Å². The van der Waals surface area contributed by atoms with E-state index in [1.165, 1.54) is 57.8 Å². The van der Waals surface area contributed by atoms with Gasteiger partial charge in [-0.1, -0.05) is 70.6 Å². The molecule has 0 N–H and O–H groups in total. The zero-order valence-electron chi connectivity index (χ0n) is 12.8. The minimum atomic E-state index is -0.337. The van der Waals surface area contributed by atoms with Gasteiger partial charge in [-0.05, 0) is 12.8 Å². The van der Waals surface area contributed by atoms with Crippen molar-refractivity contribution in [1.82, 2.24) is 0 Å². The van der Waals surface area contributed by atoms with Crippen LogP contribution in [-0.4, -0.2) is 11.9 Å². The molecule has 0 saturated carbocycles. The lowest BCUT2D eigenvalue weighted by Crippen LogP contribution is -2.11. The third-order valence-corrected chi connectivity index (χ3v) is 3.99. The zero-order chi connectivity index (χ0) is 14.5. The molecule has 0 atom stereocenters. The summed E-state index contributed by atoms with van der Waals surface area (Å²) in [6, 6.07) is 0. The summed E-state index contributed by atoms with van der Waals surface area (Å²) in [7, 11) is 0. The average Bonchev–Trinajstić information content (AvgIpc) is 2.42. The van der Waals surface area contributed by atoms with E-state index in [1.54, 1.807) is 0 Å². The second kappa shape index (κ2) is 11.9. The van der Waals surface area contributed by atoms with Crippen molar-refractivity contribution in [2.75, 3.05) is 0 Å². The fraction of sp³-hybridized carbons (Fsp3) is 0.882. The van der Waals surface area contributed by atoms with Gasteiger partial charge in [0.05, 0.1) is 0 Å². The highest BCUT2D eigenvalue weighted by Crippen LogP contribution is 2.14. The summed E-state index contributed by atoms with van der Waals surface area (Å²) in [5, 5.41) is 0. The van der Waals surface area contributed by atoms with Gasteiger partial charge in [-0.2, -0.15) is 0 Å². The Balaban J connectivity index is 2.21. The van der Waals surface area contributed by atoms with Crippen LogP contribution in [0.25, 0.3) is 0 Å². The number of esters is 2. The van der Waals surface area contributed by atoms with Gasteiger partial charge in [0.15, 0.2) is 0 Å². The quantitative estimate of drug-likeness (QED) is 0.468. The van der Waals surface area contributed by atoms with E-state index in [0.717, 1.165) is 25.7 Å². The van der Waals surface area contributed by atoms with Gasteiger partial charge in [0.2, 0.25) is 0 Å². The first-order valence-electron chi connectivity index (χ1n) is 8.52. The first kappa shape index (κ1) is 17.2. The molecule has 3 nitrogen and oxygen atoms in total. The number of carbonyl (C=O) groups is 2. The summed E-state index contributed by atoms with van der Waals surface area (Å²) < 4.78 is 4.82. The van der Waals surface area contributed by atoms with E-state index in [1.807, 2.05) is 0 Å². The molecule has 0 spiro atoms. The minimum absolute atomic E-state index is 0.337. The molecule has 20 heavy (non-hydrogen) atoms. The molecule has 1 fully saturated rings. The van der Waals surface area contributed by atoms with E-state index in [-0.39, 0.29) is 11.9 Å². The van der Waals surface area contributed by atoms with E-state index in [2.05, 4.69) is 0 Å². The number of ether oxygens (including phenoxy) is 1. The van der Waals surface area contributed by atoms with Crippen LogP contribution in [-0.2, 0) is 14.3 Å². The van der Waals surface area contributed by atoms with Crippen LogP contribution in [0.4, 0.5) is 0 Å². The highest BCUT2D eigenvalue weighted by atomic mass is 16.6. The van der Waals surface area contributed by atoms with Crippen LogP contribution in [0.5, 0.6) is 0 Å². The molecule has 1 saturated heterocycles. The van der Waals surface area contributed by atoms with Crippen molar-refractivity contribution >= 4 is 11.9 Å². The second-order valence-electron chi connectivity index (χ2n) is 5.94. The van der Waals surface area contributed by atoms with Crippen molar-refractivity contribution in [1.29, 1.82) is 0 Å². The lowest BCUT2D eigenvalue weighted by atomic mass is 10.0. The molecule has 0 aliphatic carbocycles. The molecule has 0 radical (unpaired) electrons. The lowest BCUT2D eigenvalue weighted by Gasteiger charge is -2.05. The number of carbonyl (C=O) groups excluding carboxylic acids is 2. The highest BCUT2D eigenvalue weighted by Gasteiger charge is 2.09. The largest absolute Gasteiger partial charge is 0.393 e. The molecule has 0 amide bonds. The van der Waals surface area contributed by atoms with Crippen LogP contribution in [0.2, 0.25) is 0 Å². The molecular formula is C17H30O3. The Labute approximate surface area is 123 Å². The maximum absolute atomic E-state index is 11.4. The predicted molar refractivity (Wildman–Crippen MR) is 80.4 cm³/mol. The van der Waals surface area contributed by atoms with Crippen molar-refractivity contribution in [2.24, 2.45) is 0 Å². The Morgan fingerprint density at radius 1 is 0.450 bits per heavy atom. The van der Waals surface area contributed by atoms with Gasteiger partial charge < -0.3 is 4.74 Å². The highest BCUT2D eigenvalue weighted by molar-refractivity contribution is 5.85. The van der Waals surface area contributed by atoms with E-state index in [9.17, 15) is 9.59 Å². The maximum atomic E-state index is 11.4. The van der Waals surface area contributed by atoms with Gasteiger partial charge in [0, 0.05) is 12.8 Å². The van der Waals surface area contributed by atoms with Crippen LogP contribution in [0.1, 0.15) is 96.3 Å². The smallest absolute Gasteiger partial charge is 0.313 e. The Hall–Kier alpha value is -0.860. The molecule has 1 rings (SSSR count). The maximum Gasteiger partial charge on any atom is 0.313 e. The first-order valence-corrected chi connectivity index (χ1v) is 8.52. The van der Waals surface area contributed by atoms with Crippen LogP contribution in [0.3, 0.4) is 0 Å². The van der Waals surface area contributed by atoms with E-state index in [4.69, 9.17) is 4.74 Å². The Bertz CT molecular complexity index is 247. The molecule has 0 bridgehead atoms. The third-order valence-electron chi connectivity index (χ3n) is 3.99. The topological polar surface area (TPSA) is 43.4 Å². The monoisotopic (exact) mass is 282 g/mol. The van der Waals surface area contributed by atoms with Crippen LogP contribution in [0, 0.1) is 0 Å². The fourth-order valence-corrected chi connectivity index (χ4v) is 2.71. The van der Waals surface area contributed by atoms with Crippen LogP contribution < -0.4 is 0 Å². The van der Waals surface area contributed by atoms with Gasteiger partial charge in [-0.15, -0.1) is 0 Å². The molecule has 0 aromatic rings.